The number of rotatable bonds is 18. The first-order valence-electron chi connectivity index (χ1n) is 41.1. The quantitative estimate of drug-likeness (QED) is 0.0484. The zero-order valence-electron chi connectivity index (χ0n) is 72.2. The molecule has 7 nitrogen and oxygen atoms in total. The van der Waals surface area contributed by atoms with Crippen molar-refractivity contribution in [3.8, 4) is 107 Å². The predicted octanol–water partition coefficient (Wildman–Crippen LogP) is 31.7. The monoisotopic (exact) mass is 1650 g/mol. The molecule has 124 heavy (non-hydrogen) atoms. The molecule has 0 N–H and O–H groups in total. The van der Waals surface area contributed by atoms with Gasteiger partial charge in [-0.3, -0.25) is 0 Å². The normalized spacial score (nSPS) is 11.6. The van der Waals surface area contributed by atoms with Crippen LogP contribution in [0.4, 0.5) is 26.3 Å². The first kappa shape index (κ1) is 90.5. The number of alkyl halides is 6. The summed E-state index contributed by atoms with van der Waals surface area (Å²) in [7, 11) is 0. The third kappa shape index (κ3) is 22.3. The summed E-state index contributed by atoms with van der Waals surface area (Å²) < 4.78 is 79.4. The molecule has 13 heteroatoms. The summed E-state index contributed by atoms with van der Waals surface area (Å²) in [6.45, 7) is 42.8. The summed E-state index contributed by atoms with van der Waals surface area (Å²) >= 11 is 0. The molecule has 0 aliphatic rings. The molecule has 0 saturated heterocycles. The maximum absolute atomic E-state index is 14.3. The van der Waals surface area contributed by atoms with Crippen molar-refractivity contribution >= 4 is 33.0 Å². The van der Waals surface area contributed by atoms with Gasteiger partial charge in [0.15, 0.2) is 34.9 Å². The lowest BCUT2D eigenvalue weighted by atomic mass is 9.91. The van der Waals surface area contributed by atoms with Gasteiger partial charge in [-0.25, -0.2) is 29.9 Å². The Hall–Kier alpha value is -14.3. The van der Waals surface area contributed by atoms with Crippen LogP contribution in [0.5, 0.6) is 0 Å². The second-order valence-electron chi connectivity index (χ2n) is 30.3. The Morgan fingerprint density at radius 1 is 0.371 bits per heavy atom. The van der Waals surface area contributed by atoms with Crippen LogP contribution in [0.2, 0.25) is 0 Å². The first-order valence-corrected chi connectivity index (χ1v) is 41.1. The third-order valence-corrected chi connectivity index (χ3v) is 20.8. The van der Waals surface area contributed by atoms with E-state index in [4.69, 9.17) is 15.0 Å². The number of hydrogen-bond donors (Lipinski definition) is 0. The molecule has 15 aromatic rings. The Labute approximate surface area is 725 Å². The average Bonchev–Trinajstić information content (AvgIpc) is 1.56. The van der Waals surface area contributed by atoms with Crippen molar-refractivity contribution in [2.75, 3.05) is 0 Å². The molecule has 3 aromatic heterocycles. The molecule has 0 atom stereocenters. The number of aryl methyl sites for hydroxylation is 7. The number of allylic oxidation sites excluding steroid dienone is 13. The first-order chi connectivity index (χ1) is 59.6. The van der Waals surface area contributed by atoms with Crippen molar-refractivity contribution in [1.82, 2.24) is 34.5 Å². The van der Waals surface area contributed by atoms with Crippen LogP contribution in [0.3, 0.4) is 0 Å². The highest BCUT2D eigenvalue weighted by Gasteiger charge is 2.32. The van der Waals surface area contributed by atoms with Gasteiger partial charge < -0.3 is 4.57 Å². The molecule has 622 valence electrons. The van der Waals surface area contributed by atoms with Gasteiger partial charge in [0, 0.05) is 60.9 Å². The molecule has 0 bridgehead atoms. The minimum Gasteiger partial charge on any atom is -0.308 e. The van der Waals surface area contributed by atoms with E-state index in [-0.39, 0.29) is 0 Å². The molecule has 3 heterocycles. The van der Waals surface area contributed by atoms with Gasteiger partial charge in [-0.2, -0.15) is 26.3 Å². The standard InChI is InChI=1S/C63H47F3N4.C20H17N3.C20H22.C5H7F3.C3H8/c1-38-16-20-43(21-17-38)53-36-49(62-68-60(45-12-8-6-9-13-45)67-61(69-62)46-14-10-7-11-15-46)37-54(44-22-26-50(27-23-44)63(64,65)66)59(53)70-57-30-24-47(51-28-18-39(2)32-41(51)4)34-55(57)56-35-48(25-31-58(56)70)52-29-19-40(3)33-42(52)5;1-3-15(4-2)18-21-19(16-11-7-5-8-12-16)23-20(22-18)17-13-9-6-10-14-17;1-7-9-10-16(4)17(5)14-19(8-2)20-12-11-15(3)13-18(20)6;1-3-4(2)5(6,7)8;1-3-2/h6-37H,1-5H3;3-14H,1H2,2H3;7-14H,1-2,4-5H2,3,6H3;3H,1-2H3;3H2,1-2H3/b;15-4+;10-9-,19-14+;4-3+;. The minimum absolute atomic E-state index is 0.430. The molecule has 0 aliphatic heterocycles. The van der Waals surface area contributed by atoms with Crippen LogP contribution in [0, 0.1) is 48.5 Å². The van der Waals surface area contributed by atoms with Crippen LogP contribution in [0.25, 0.3) is 140 Å². The molecular weight excluding hydrogens is 1550 g/mol. The number of benzene rings is 12. The average molecular weight is 1650 g/mol. The summed E-state index contributed by atoms with van der Waals surface area (Å²) in [4.78, 5) is 29.1. The molecule has 12 aromatic carbocycles. The second-order valence-corrected chi connectivity index (χ2v) is 30.3. The fourth-order valence-corrected chi connectivity index (χ4v) is 14.2. The van der Waals surface area contributed by atoms with Crippen LogP contribution in [-0.4, -0.2) is 40.6 Å². The summed E-state index contributed by atoms with van der Waals surface area (Å²) in [6.07, 6.45) is 6.70. The van der Waals surface area contributed by atoms with Crippen molar-refractivity contribution in [3.63, 3.8) is 0 Å². The summed E-state index contributed by atoms with van der Waals surface area (Å²) in [6, 6.07) is 90.3. The maximum Gasteiger partial charge on any atom is 0.416 e. The SMILES string of the molecule is C/C=C(\C)C(F)(F)F.C=C/C(=C\C)c1nc(-c2ccccc2)nc(-c2ccccc2)n1.C=C/C=C\C(=C)C(=C)/C=C(\C=C)c1ccc(C)cc1C.CCC.Cc1ccc(-c2cc(-c3nc(-c4ccccc4)nc(-c4ccccc4)n3)cc(-c3ccc(C(F)(F)F)cc3)c2-n2c3ccc(-c4ccc(C)cc4C)cc3c3cc(-c4ccc(C)cc4C)ccc32)cc1. The fourth-order valence-electron chi connectivity index (χ4n) is 14.2. The van der Waals surface area contributed by atoms with Crippen molar-refractivity contribution in [2.45, 2.75) is 102 Å². The van der Waals surface area contributed by atoms with E-state index in [1.807, 2.05) is 165 Å². The van der Waals surface area contributed by atoms with Crippen LogP contribution >= 0.6 is 0 Å². The molecule has 0 amide bonds. The Bertz CT molecular complexity index is 6260. The number of hydrogen-bond acceptors (Lipinski definition) is 6. The second kappa shape index (κ2) is 41.3. The van der Waals surface area contributed by atoms with E-state index >= 15 is 0 Å². The van der Waals surface area contributed by atoms with E-state index in [9.17, 15) is 26.3 Å². The maximum atomic E-state index is 14.3. The summed E-state index contributed by atoms with van der Waals surface area (Å²) in [5.41, 5.74) is 26.5. The Morgan fingerprint density at radius 3 is 1.10 bits per heavy atom. The lowest BCUT2D eigenvalue weighted by molar-refractivity contribution is -0.137. The number of aromatic nitrogens is 7. The molecule has 0 fully saturated rings. The van der Waals surface area contributed by atoms with Gasteiger partial charge in [-0.1, -0.05) is 342 Å². The molecule has 0 unspecified atom stereocenters. The van der Waals surface area contributed by atoms with Gasteiger partial charge in [0.1, 0.15) is 0 Å². The van der Waals surface area contributed by atoms with Crippen LogP contribution in [0.1, 0.15) is 96.9 Å². The lowest BCUT2D eigenvalue weighted by Gasteiger charge is -2.21. The molecule has 15 rings (SSSR count). The highest BCUT2D eigenvalue weighted by atomic mass is 19.4. The predicted molar refractivity (Wildman–Crippen MR) is 509 cm³/mol. The summed E-state index contributed by atoms with van der Waals surface area (Å²) in [5.74, 6) is 3.40. The molecular formula is C111H101F6N7. The van der Waals surface area contributed by atoms with Gasteiger partial charge in [0.25, 0.3) is 0 Å². The van der Waals surface area contributed by atoms with E-state index in [0.717, 1.165) is 124 Å². The Morgan fingerprint density at radius 2 is 0.742 bits per heavy atom. The zero-order valence-corrected chi connectivity index (χ0v) is 72.2. The van der Waals surface area contributed by atoms with Gasteiger partial charge in [-0.05, 0) is 196 Å². The number of nitrogens with zero attached hydrogens (tertiary/aromatic N) is 7. The van der Waals surface area contributed by atoms with Crippen molar-refractivity contribution in [2.24, 2.45) is 0 Å². The largest absolute Gasteiger partial charge is 0.416 e. The topological polar surface area (TPSA) is 82.3 Å². The Balaban J connectivity index is 0.000000223. The molecule has 0 spiro atoms. The van der Waals surface area contributed by atoms with Gasteiger partial charge in [0.05, 0.1) is 22.3 Å². The van der Waals surface area contributed by atoms with Crippen molar-refractivity contribution in [1.29, 1.82) is 0 Å². The Kier molecular flexibility index (Phi) is 30.1. The summed E-state index contributed by atoms with van der Waals surface area (Å²) in [5, 5.41) is 2.10. The zero-order chi connectivity index (χ0) is 88.9. The number of fused-ring (bicyclic) bond motifs is 3. The highest BCUT2D eigenvalue weighted by molar-refractivity contribution is 6.13. The van der Waals surface area contributed by atoms with Crippen LogP contribution in [-0.2, 0) is 6.18 Å². The lowest BCUT2D eigenvalue weighted by Crippen LogP contribution is -2.07. The van der Waals surface area contributed by atoms with Gasteiger partial charge in [-0.15, -0.1) is 0 Å². The van der Waals surface area contributed by atoms with Crippen molar-refractivity contribution in [3.05, 3.63) is 427 Å². The molecule has 0 aliphatic carbocycles. The fraction of sp³-hybridized carbons (Fsp3) is 0.135. The van der Waals surface area contributed by atoms with Crippen LogP contribution < -0.4 is 0 Å². The van der Waals surface area contributed by atoms with E-state index in [2.05, 4.69) is 236 Å². The third-order valence-electron chi connectivity index (χ3n) is 20.8. The van der Waals surface area contributed by atoms with Gasteiger partial charge >= 0.3 is 12.4 Å². The minimum atomic E-state index is -4.52. The van der Waals surface area contributed by atoms with E-state index in [1.165, 1.54) is 64.4 Å². The van der Waals surface area contributed by atoms with Crippen LogP contribution in [0.15, 0.2) is 371 Å². The van der Waals surface area contributed by atoms with Gasteiger partial charge in [0.2, 0.25) is 0 Å². The van der Waals surface area contributed by atoms with E-state index in [1.54, 1.807) is 24.3 Å². The molecule has 0 saturated carbocycles. The highest BCUT2D eigenvalue weighted by Crippen LogP contribution is 2.47. The smallest absolute Gasteiger partial charge is 0.308 e. The van der Waals surface area contributed by atoms with Crippen molar-refractivity contribution < 1.29 is 26.3 Å². The van der Waals surface area contributed by atoms with E-state index < -0.39 is 23.5 Å². The molecule has 0 radical (unpaired) electrons. The number of halogens is 6. The van der Waals surface area contributed by atoms with E-state index in [0.29, 0.717) is 51.6 Å².